The normalized spacial score (nSPS) is 10.8. The molecule has 0 aliphatic rings. The van der Waals surface area contributed by atoms with Crippen molar-refractivity contribution in [3.63, 3.8) is 0 Å². The number of rotatable bonds is 6. The first-order chi connectivity index (χ1) is 12.2. The molecule has 1 amide bonds. The van der Waals surface area contributed by atoms with Crippen LogP contribution in [0, 0.1) is 0 Å². The maximum Gasteiger partial charge on any atom is 0.252 e. The van der Waals surface area contributed by atoms with Gasteiger partial charge < -0.3 is 10.1 Å². The number of amides is 1. The van der Waals surface area contributed by atoms with Crippen LogP contribution in [0.25, 0.3) is 22.2 Å². The Morgan fingerprint density at radius 2 is 1.92 bits per heavy atom. The van der Waals surface area contributed by atoms with Crippen molar-refractivity contribution in [3.8, 4) is 11.3 Å². The molecule has 0 spiro atoms. The number of ether oxygens (including phenoxy) is 1. The minimum atomic E-state index is -0.122. The number of fused-ring (bicyclic) bond motifs is 1. The lowest BCUT2D eigenvalue weighted by Crippen LogP contribution is -2.25. The predicted octanol–water partition coefficient (Wildman–Crippen LogP) is 4.32. The van der Waals surface area contributed by atoms with Crippen molar-refractivity contribution in [3.05, 3.63) is 65.2 Å². The third-order valence-corrected chi connectivity index (χ3v) is 4.25. The molecule has 0 fully saturated rings. The Bertz CT molecular complexity index is 896. The average Bonchev–Trinajstić information content (AvgIpc) is 2.64. The van der Waals surface area contributed by atoms with Crippen molar-refractivity contribution in [2.45, 2.75) is 6.42 Å². The smallest absolute Gasteiger partial charge is 0.252 e. The molecule has 0 saturated carbocycles. The Morgan fingerprint density at radius 1 is 1.16 bits per heavy atom. The fourth-order valence-corrected chi connectivity index (χ4v) is 2.92. The number of carbonyl (C=O) groups excluding carboxylic acids is 1. The van der Waals surface area contributed by atoms with Gasteiger partial charge in [-0.2, -0.15) is 0 Å². The maximum atomic E-state index is 12.7. The summed E-state index contributed by atoms with van der Waals surface area (Å²) >= 11 is 6.31. The topological polar surface area (TPSA) is 51.2 Å². The third kappa shape index (κ3) is 3.98. The molecule has 0 atom stereocenters. The second kappa shape index (κ2) is 8.10. The molecule has 3 rings (SSSR count). The van der Waals surface area contributed by atoms with Crippen LogP contribution in [0.4, 0.5) is 0 Å². The van der Waals surface area contributed by atoms with E-state index in [9.17, 15) is 4.79 Å². The molecule has 0 aliphatic carbocycles. The number of pyridine rings is 1. The first kappa shape index (κ1) is 17.4. The largest absolute Gasteiger partial charge is 0.385 e. The van der Waals surface area contributed by atoms with E-state index >= 15 is 0 Å². The zero-order valence-corrected chi connectivity index (χ0v) is 14.7. The summed E-state index contributed by atoms with van der Waals surface area (Å²) in [7, 11) is 1.65. The van der Waals surface area contributed by atoms with Gasteiger partial charge in [-0.25, -0.2) is 4.98 Å². The molecule has 25 heavy (non-hydrogen) atoms. The van der Waals surface area contributed by atoms with E-state index in [0.717, 1.165) is 22.9 Å². The Kier molecular flexibility index (Phi) is 5.64. The number of aromatic nitrogens is 1. The molecule has 0 saturated heterocycles. The highest BCUT2D eigenvalue weighted by Gasteiger charge is 2.14. The highest BCUT2D eigenvalue weighted by atomic mass is 35.5. The summed E-state index contributed by atoms with van der Waals surface area (Å²) in [4.78, 5) is 17.4. The van der Waals surface area contributed by atoms with Crippen molar-refractivity contribution in [2.24, 2.45) is 0 Å². The summed E-state index contributed by atoms with van der Waals surface area (Å²) in [6.07, 6.45) is 0.766. The van der Waals surface area contributed by atoms with Crippen molar-refractivity contribution in [1.29, 1.82) is 0 Å². The van der Waals surface area contributed by atoms with Gasteiger partial charge >= 0.3 is 0 Å². The first-order valence-electron chi connectivity index (χ1n) is 8.12. The zero-order valence-electron chi connectivity index (χ0n) is 14.0. The molecule has 2 aromatic carbocycles. The first-order valence-corrected chi connectivity index (χ1v) is 8.50. The molecule has 128 valence electrons. The van der Waals surface area contributed by atoms with Crippen LogP contribution in [0.1, 0.15) is 16.8 Å². The minimum absolute atomic E-state index is 0.122. The number of carbonyl (C=O) groups is 1. The van der Waals surface area contributed by atoms with Gasteiger partial charge in [0.05, 0.1) is 16.8 Å². The molecule has 1 aromatic heterocycles. The lowest BCUT2D eigenvalue weighted by atomic mass is 10.0. The Labute approximate surface area is 151 Å². The molecule has 0 radical (unpaired) electrons. The molecule has 4 nitrogen and oxygen atoms in total. The van der Waals surface area contributed by atoms with Crippen LogP contribution in [0.5, 0.6) is 0 Å². The van der Waals surface area contributed by atoms with Crippen LogP contribution in [0.15, 0.2) is 54.6 Å². The van der Waals surface area contributed by atoms with Crippen molar-refractivity contribution in [1.82, 2.24) is 10.3 Å². The van der Waals surface area contributed by atoms with Gasteiger partial charge in [-0.1, -0.05) is 48.0 Å². The van der Waals surface area contributed by atoms with Gasteiger partial charge in [-0.05, 0) is 24.6 Å². The zero-order chi connectivity index (χ0) is 17.6. The highest BCUT2D eigenvalue weighted by molar-refractivity contribution is 6.33. The van der Waals surface area contributed by atoms with Gasteiger partial charge in [0.1, 0.15) is 0 Å². The number of methoxy groups -OCH3 is 1. The molecule has 0 unspecified atom stereocenters. The maximum absolute atomic E-state index is 12.7. The number of nitrogens with zero attached hydrogens (tertiary/aromatic N) is 1. The van der Waals surface area contributed by atoms with Crippen molar-refractivity contribution < 1.29 is 9.53 Å². The summed E-state index contributed by atoms with van der Waals surface area (Å²) in [6.45, 7) is 1.17. The summed E-state index contributed by atoms with van der Waals surface area (Å²) in [6, 6.07) is 16.9. The molecule has 0 aliphatic heterocycles. The highest BCUT2D eigenvalue weighted by Crippen LogP contribution is 2.29. The van der Waals surface area contributed by atoms with Crippen LogP contribution >= 0.6 is 11.6 Å². The SMILES string of the molecule is COCCCNC(=O)c1cc(-c2ccccc2Cl)nc2ccccc12. The van der Waals surface area contributed by atoms with Crippen molar-refractivity contribution >= 4 is 28.4 Å². The van der Waals surface area contributed by atoms with E-state index < -0.39 is 0 Å². The predicted molar refractivity (Wildman–Crippen MR) is 101 cm³/mol. The van der Waals surface area contributed by atoms with Gasteiger partial charge in [0.15, 0.2) is 0 Å². The van der Waals surface area contributed by atoms with Gasteiger partial charge in [-0.3, -0.25) is 4.79 Å². The van der Waals surface area contributed by atoms with E-state index in [0.29, 0.717) is 29.4 Å². The van der Waals surface area contributed by atoms with Crippen LogP contribution in [-0.4, -0.2) is 31.2 Å². The van der Waals surface area contributed by atoms with Crippen LogP contribution in [0.2, 0.25) is 5.02 Å². The Balaban J connectivity index is 2.01. The van der Waals surface area contributed by atoms with E-state index in [4.69, 9.17) is 16.3 Å². The van der Waals surface area contributed by atoms with E-state index in [2.05, 4.69) is 10.3 Å². The third-order valence-electron chi connectivity index (χ3n) is 3.92. The number of benzene rings is 2. The summed E-state index contributed by atoms with van der Waals surface area (Å²) in [5.74, 6) is -0.122. The molecule has 0 bridgehead atoms. The second-order valence-electron chi connectivity index (χ2n) is 5.65. The van der Waals surface area contributed by atoms with Crippen LogP contribution in [-0.2, 0) is 4.74 Å². The molecule has 3 aromatic rings. The van der Waals surface area contributed by atoms with Crippen molar-refractivity contribution in [2.75, 3.05) is 20.3 Å². The average molecular weight is 355 g/mol. The van der Waals surface area contributed by atoms with Gasteiger partial charge in [-0.15, -0.1) is 0 Å². The monoisotopic (exact) mass is 354 g/mol. The summed E-state index contributed by atoms with van der Waals surface area (Å²) < 4.78 is 5.01. The Hall–Kier alpha value is -2.43. The lowest BCUT2D eigenvalue weighted by Gasteiger charge is -2.11. The molecular formula is C20H19ClN2O2. The van der Waals surface area contributed by atoms with Gasteiger partial charge in [0.2, 0.25) is 0 Å². The standard InChI is InChI=1S/C20H19ClN2O2/c1-25-12-6-11-22-20(24)16-13-19(15-8-2-4-9-17(15)21)23-18-10-5-3-7-14(16)18/h2-5,7-10,13H,6,11-12H2,1H3,(H,22,24). The lowest BCUT2D eigenvalue weighted by molar-refractivity contribution is 0.0950. The van der Waals surface area contributed by atoms with E-state index in [1.807, 2.05) is 48.5 Å². The molecular weight excluding hydrogens is 336 g/mol. The number of hydrogen-bond acceptors (Lipinski definition) is 3. The molecule has 1 heterocycles. The summed E-state index contributed by atoms with van der Waals surface area (Å²) in [5, 5.41) is 4.37. The molecule has 5 heteroatoms. The minimum Gasteiger partial charge on any atom is -0.385 e. The summed E-state index contributed by atoms with van der Waals surface area (Å²) in [5.41, 5.74) is 2.86. The van der Waals surface area contributed by atoms with Crippen LogP contribution in [0.3, 0.4) is 0 Å². The van der Waals surface area contributed by atoms with E-state index in [1.54, 1.807) is 13.2 Å². The second-order valence-corrected chi connectivity index (χ2v) is 6.06. The van der Waals surface area contributed by atoms with E-state index in [-0.39, 0.29) is 5.91 Å². The number of halogens is 1. The number of para-hydroxylation sites is 1. The fourth-order valence-electron chi connectivity index (χ4n) is 2.68. The number of hydrogen-bond donors (Lipinski definition) is 1. The van der Waals surface area contributed by atoms with Gasteiger partial charge in [0, 0.05) is 36.2 Å². The quantitative estimate of drug-likeness (QED) is 0.670. The number of nitrogens with one attached hydrogen (secondary N) is 1. The van der Waals surface area contributed by atoms with Gasteiger partial charge in [0.25, 0.3) is 5.91 Å². The van der Waals surface area contributed by atoms with Crippen LogP contribution < -0.4 is 5.32 Å². The molecule has 1 N–H and O–H groups in total. The van der Waals surface area contributed by atoms with E-state index in [1.165, 1.54) is 0 Å². The fraction of sp³-hybridized carbons (Fsp3) is 0.200. The Morgan fingerprint density at radius 3 is 2.72 bits per heavy atom.